The van der Waals surface area contributed by atoms with E-state index in [2.05, 4.69) is 15.6 Å². The van der Waals surface area contributed by atoms with Gasteiger partial charge in [-0.25, -0.2) is 17.8 Å². The molecule has 1 unspecified atom stereocenters. The number of carbonyl (C=O) groups is 1. The van der Waals surface area contributed by atoms with Gasteiger partial charge in [0.05, 0.1) is 16.6 Å². The van der Waals surface area contributed by atoms with Crippen molar-refractivity contribution in [2.75, 3.05) is 25.0 Å². The van der Waals surface area contributed by atoms with Gasteiger partial charge in [-0.2, -0.15) is 4.31 Å². The van der Waals surface area contributed by atoms with Crippen molar-refractivity contribution in [2.45, 2.75) is 17.9 Å². The van der Waals surface area contributed by atoms with Crippen LogP contribution >= 0.6 is 0 Å². The first-order valence-corrected chi connectivity index (χ1v) is 9.51. The summed E-state index contributed by atoms with van der Waals surface area (Å²) < 4.78 is 43.4. The zero-order chi connectivity index (χ0) is 18.9. The molecular weight excluding hydrogens is 361 g/mol. The summed E-state index contributed by atoms with van der Waals surface area (Å²) in [5.74, 6) is -0.559. The minimum absolute atomic E-state index is 0.0799. The van der Waals surface area contributed by atoms with Crippen LogP contribution < -0.4 is 10.6 Å². The molecule has 2 N–H and O–H groups in total. The third-order valence-electron chi connectivity index (χ3n) is 4.21. The SMILES string of the molecule is CC(=O)Nc1cc(S(=O)(=O)N2CCNCC2c2nccn2C)ccc1F. The number of imidazole rings is 1. The van der Waals surface area contributed by atoms with Gasteiger partial charge in [-0.15, -0.1) is 0 Å². The number of anilines is 1. The van der Waals surface area contributed by atoms with Crippen molar-refractivity contribution >= 4 is 21.6 Å². The monoisotopic (exact) mass is 381 g/mol. The van der Waals surface area contributed by atoms with Crippen molar-refractivity contribution in [1.82, 2.24) is 19.2 Å². The molecule has 1 amide bonds. The second-order valence-electron chi connectivity index (χ2n) is 6.05. The third kappa shape index (κ3) is 3.48. The average Bonchev–Trinajstić information content (AvgIpc) is 3.02. The van der Waals surface area contributed by atoms with Gasteiger partial charge in [0.2, 0.25) is 15.9 Å². The number of amides is 1. The molecule has 1 aromatic heterocycles. The standard InChI is InChI=1S/C16H20FN5O3S/c1-11(23)20-14-9-12(3-4-13(14)17)26(24,25)22-8-5-18-10-15(22)16-19-6-7-21(16)2/h3-4,6-7,9,15,18H,5,8,10H2,1-2H3,(H,20,23). The highest BCUT2D eigenvalue weighted by molar-refractivity contribution is 7.89. The van der Waals surface area contributed by atoms with Crippen LogP contribution in [0.3, 0.4) is 0 Å². The molecule has 26 heavy (non-hydrogen) atoms. The number of hydrogen-bond acceptors (Lipinski definition) is 5. The summed E-state index contributed by atoms with van der Waals surface area (Å²) in [6.07, 6.45) is 3.36. The zero-order valence-corrected chi connectivity index (χ0v) is 15.3. The van der Waals surface area contributed by atoms with Crippen LogP contribution in [-0.4, -0.2) is 47.8 Å². The maximum Gasteiger partial charge on any atom is 0.243 e. The molecule has 0 aliphatic carbocycles. The van der Waals surface area contributed by atoms with Gasteiger partial charge < -0.3 is 15.2 Å². The van der Waals surface area contributed by atoms with Crippen molar-refractivity contribution in [2.24, 2.45) is 7.05 Å². The molecule has 1 aromatic carbocycles. The van der Waals surface area contributed by atoms with E-state index in [1.54, 1.807) is 24.0 Å². The second-order valence-corrected chi connectivity index (χ2v) is 7.95. The van der Waals surface area contributed by atoms with E-state index in [0.29, 0.717) is 18.9 Å². The quantitative estimate of drug-likeness (QED) is 0.819. The Balaban J connectivity index is 2.00. The third-order valence-corrected chi connectivity index (χ3v) is 6.11. The number of aromatic nitrogens is 2. The van der Waals surface area contributed by atoms with Gasteiger partial charge in [0.1, 0.15) is 11.6 Å². The van der Waals surface area contributed by atoms with Crippen LogP contribution in [0.2, 0.25) is 0 Å². The van der Waals surface area contributed by atoms with Gasteiger partial charge in [-0.05, 0) is 18.2 Å². The van der Waals surface area contributed by atoms with Crippen molar-refractivity contribution in [3.8, 4) is 0 Å². The topological polar surface area (TPSA) is 96.3 Å². The number of nitrogens with zero attached hydrogens (tertiary/aromatic N) is 3. The van der Waals surface area contributed by atoms with E-state index in [0.717, 1.165) is 12.1 Å². The fourth-order valence-electron chi connectivity index (χ4n) is 2.98. The molecule has 140 valence electrons. The summed E-state index contributed by atoms with van der Waals surface area (Å²) in [6, 6.07) is 2.90. The molecular formula is C16H20FN5O3S. The number of aryl methyl sites for hydroxylation is 1. The molecule has 0 spiro atoms. The molecule has 8 nitrogen and oxygen atoms in total. The molecule has 0 saturated carbocycles. The van der Waals surface area contributed by atoms with Crippen molar-refractivity contribution in [3.63, 3.8) is 0 Å². The molecule has 2 heterocycles. The number of halogens is 1. The van der Waals surface area contributed by atoms with Crippen LogP contribution in [-0.2, 0) is 21.9 Å². The van der Waals surface area contributed by atoms with Gasteiger partial charge >= 0.3 is 0 Å². The van der Waals surface area contributed by atoms with Crippen LogP contribution in [0.1, 0.15) is 18.8 Å². The van der Waals surface area contributed by atoms with Crippen LogP contribution in [0, 0.1) is 5.82 Å². The normalized spacial score (nSPS) is 18.7. The Morgan fingerprint density at radius 1 is 1.42 bits per heavy atom. The van der Waals surface area contributed by atoms with Crippen LogP contribution in [0.5, 0.6) is 0 Å². The largest absolute Gasteiger partial charge is 0.337 e. The predicted molar refractivity (Wildman–Crippen MR) is 93.4 cm³/mol. The summed E-state index contributed by atoms with van der Waals surface area (Å²) >= 11 is 0. The minimum Gasteiger partial charge on any atom is -0.337 e. The smallest absolute Gasteiger partial charge is 0.243 e. The molecule has 1 aliphatic heterocycles. The fraction of sp³-hybridized carbons (Fsp3) is 0.375. The molecule has 1 saturated heterocycles. The van der Waals surface area contributed by atoms with Crippen LogP contribution in [0.15, 0.2) is 35.5 Å². The Labute approximate surface area is 151 Å². The molecule has 1 fully saturated rings. The maximum atomic E-state index is 13.9. The molecule has 1 atom stereocenters. The van der Waals surface area contributed by atoms with E-state index < -0.39 is 27.8 Å². The Morgan fingerprint density at radius 3 is 2.85 bits per heavy atom. The summed E-state index contributed by atoms with van der Waals surface area (Å²) in [6.45, 7) is 2.41. The van der Waals surface area contributed by atoms with Crippen LogP contribution in [0.4, 0.5) is 10.1 Å². The average molecular weight is 381 g/mol. The zero-order valence-electron chi connectivity index (χ0n) is 14.4. The lowest BCUT2D eigenvalue weighted by molar-refractivity contribution is -0.114. The lowest BCUT2D eigenvalue weighted by Crippen LogP contribution is -2.49. The predicted octanol–water partition coefficient (Wildman–Crippen LogP) is 0.853. The molecule has 0 bridgehead atoms. The van der Waals surface area contributed by atoms with Gasteiger partial charge in [0.25, 0.3) is 0 Å². The minimum atomic E-state index is -3.91. The van der Waals surface area contributed by atoms with Crippen molar-refractivity contribution in [3.05, 3.63) is 42.2 Å². The van der Waals surface area contributed by atoms with Crippen LogP contribution in [0.25, 0.3) is 0 Å². The highest BCUT2D eigenvalue weighted by atomic mass is 32.2. The summed E-state index contributed by atoms with van der Waals surface area (Å²) in [5, 5.41) is 5.48. The first-order chi connectivity index (χ1) is 12.3. The Morgan fingerprint density at radius 2 is 2.19 bits per heavy atom. The van der Waals surface area contributed by atoms with E-state index in [1.807, 2.05) is 0 Å². The van der Waals surface area contributed by atoms with E-state index in [1.165, 1.54) is 17.3 Å². The summed E-state index contributed by atoms with van der Waals surface area (Å²) in [5.41, 5.74) is -0.165. The number of carbonyl (C=O) groups excluding carboxylic acids is 1. The molecule has 2 aromatic rings. The number of benzene rings is 1. The molecule has 10 heteroatoms. The summed E-state index contributed by atoms with van der Waals surface area (Å²) in [4.78, 5) is 15.4. The Hall–Kier alpha value is -2.30. The Bertz CT molecular complexity index is 928. The van der Waals surface area contributed by atoms with Crippen molar-refractivity contribution in [1.29, 1.82) is 0 Å². The van der Waals surface area contributed by atoms with E-state index in [9.17, 15) is 17.6 Å². The van der Waals surface area contributed by atoms with Gasteiger partial charge in [-0.3, -0.25) is 4.79 Å². The number of nitrogens with one attached hydrogen (secondary N) is 2. The van der Waals surface area contributed by atoms with Gasteiger partial charge in [0, 0.05) is 46.0 Å². The lowest BCUT2D eigenvalue weighted by atomic mass is 10.2. The second kappa shape index (κ2) is 7.14. The first kappa shape index (κ1) is 18.5. The number of hydrogen-bond donors (Lipinski definition) is 2. The van der Waals surface area contributed by atoms with Crippen molar-refractivity contribution < 1.29 is 17.6 Å². The number of piperazine rings is 1. The number of sulfonamides is 1. The fourth-order valence-corrected chi connectivity index (χ4v) is 4.59. The van der Waals surface area contributed by atoms with E-state index in [4.69, 9.17) is 0 Å². The number of rotatable bonds is 4. The first-order valence-electron chi connectivity index (χ1n) is 8.07. The van der Waals surface area contributed by atoms with E-state index in [-0.39, 0.29) is 17.1 Å². The highest BCUT2D eigenvalue weighted by Crippen LogP contribution is 2.29. The Kier molecular flexibility index (Phi) is 5.08. The molecule has 3 rings (SSSR count). The maximum absolute atomic E-state index is 13.9. The molecule has 0 radical (unpaired) electrons. The molecule has 1 aliphatic rings. The lowest BCUT2D eigenvalue weighted by Gasteiger charge is -2.34. The van der Waals surface area contributed by atoms with Gasteiger partial charge in [0.15, 0.2) is 0 Å². The summed E-state index contributed by atoms with van der Waals surface area (Å²) in [7, 11) is -2.11. The highest BCUT2D eigenvalue weighted by Gasteiger charge is 2.36. The van der Waals surface area contributed by atoms with Gasteiger partial charge in [-0.1, -0.05) is 0 Å². The van der Waals surface area contributed by atoms with E-state index >= 15 is 0 Å².